The summed E-state index contributed by atoms with van der Waals surface area (Å²) in [4.78, 5) is 28.6. The van der Waals surface area contributed by atoms with Crippen LogP contribution in [0.15, 0.2) is 54.6 Å². The number of benzene rings is 2. The molecule has 0 radical (unpaired) electrons. The molecule has 26 heavy (non-hydrogen) atoms. The van der Waals surface area contributed by atoms with E-state index in [9.17, 15) is 9.59 Å². The van der Waals surface area contributed by atoms with Gasteiger partial charge in [0.1, 0.15) is 0 Å². The Morgan fingerprint density at radius 1 is 0.923 bits per heavy atom. The summed E-state index contributed by atoms with van der Waals surface area (Å²) in [5.41, 5.74) is 3.27. The number of amides is 2. The van der Waals surface area contributed by atoms with E-state index in [-0.39, 0.29) is 18.4 Å². The molecule has 5 heteroatoms. The first kappa shape index (κ1) is 18.0. The second-order valence-electron chi connectivity index (χ2n) is 6.58. The molecule has 2 aromatic rings. The zero-order valence-electron chi connectivity index (χ0n) is 15.1. The summed E-state index contributed by atoms with van der Waals surface area (Å²) in [6.07, 6.45) is 0.307. The molecular weight excluding hydrogens is 326 g/mol. The van der Waals surface area contributed by atoms with Crippen molar-refractivity contribution in [1.29, 1.82) is 0 Å². The van der Waals surface area contributed by atoms with Gasteiger partial charge in [-0.25, -0.2) is 0 Å². The summed E-state index contributed by atoms with van der Waals surface area (Å²) >= 11 is 0. The van der Waals surface area contributed by atoms with E-state index in [4.69, 9.17) is 0 Å². The average Bonchev–Trinajstić information content (AvgIpc) is 2.69. The molecule has 1 aliphatic heterocycles. The van der Waals surface area contributed by atoms with E-state index in [2.05, 4.69) is 22.3 Å². The number of anilines is 1. The number of hydrogen-bond donors (Lipinski definition) is 1. The highest BCUT2D eigenvalue weighted by atomic mass is 16.2. The zero-order chi connectivity index (χ0) is 18.4. The van der Waals surface area contributed by atoms with Gasteiger partial charge in [-0.05, 0) is 30.2 Å². The van der Waals surface area contributed by atoms with Crippen molar-refractivity contribution < 1.29 is 9.59 Å². The largest absolute Gasteiger partial charge is 0.368 e. The van der Waals surface area contributed by atoms with Crippen LogP contribution in [-0.4, -0.2) is 49.4 Å². The van der Waals surface area contributed by atoms with Crippen molar-refractivity contribution in [3.05, 3.63) is 65.7 Å². The molecule has 5 nitrogen and oxygen atoms in total. The zero-order valence-corrected chi connectivity index (χ0v) is 15.1. The van der Waals surface area contributed by atoms with E-state index in [1.165, 1.54) is 5.69 Å². The van der Waals surface area contributed by atoms with Crippen LogP contribution in [0.5, 0.6) is 0 Å². The Kier molecular flexibility index (Phi) is 5.89. The standard InChI is InChI=1S/C21H25N3O2/c1-17-7-5-6-8-18(17)15-20(25)22-16-21(26)24-13-11-23(12-14-24)19-9-3-2-4-10-19/h2-10H,11-16H2,1H3,(H,22,25). The lowest BCUT2D eigenvalue weighted by atomic mass is 10.1. The van der Waals surface area contributed by atoms with Crippen molar-refractivity contribution >= 4 is 17.5 Å². The Balaban J connectivity index is 1.43. The number of piperazine rings is 1. The van der Waals surface area contributed by atoms with Gasteiger partial charge >= 0.3 is 0 Å². The third-order valence-electron chi connectivity index (χ3n) is 4.80. The highest BCUT2D eigenvalue weighted by molar-refractivity contribution is 5.86. The van der Waals surface area contributed by atoms with Crippen LogP contribution < -0.4 is 10.2 Å². The fourth-order valence-corrected chi connectivity index (χ4v) is 3.18. The fourth-order valence-electron chi connectivity index (χ4n) is 3.18. The third kappa shape index (κ3) is 4.63. The highest BCUT2D eigenvalue weighted by Gasteiger charge is 2.21. The van der Waals surface area contributed by atoms with Crippen molar-refractivity contribution in [3.63, 3.8) is 0 Å². The van der Waals surface area contributed by atoms with E-state index in [0.29, 0.717) is 19.5 Å². The molecule has 2 amide bonds. The number of rotatable bonds is 5. The molecular formula is C21H25N3O2. The van der Waals surface area contributed by atoms with Gasteiger partial charge in [-0.3, -0.25) is 9.59 Å². The normalized spacial score (nSPS) is 14.2. The van der Waals surface area contributed by atoms with E-state index >= 15 is 0 Å². The number of hydrogen-bond acceptors (Lipinski definition) is 3. The first-order valence-corrected chi connectivity index (χ1v) is 9.02. The van der Waals surface area contributed by atoms with Crippen LogP contribution in [0.2, 0.25) is 0 Å². The summed E-state index contributed by atoms with van der Waals surface area (Å²) in [6, 6.07) is 18.0. The summed E-state index contributed by atoms with van der Waals surface area (Å²) in [5.74, 6) is -0.133. The molecule has 0 spiro atoms. The highest BCUT2D eigenvalue weighted by Crippen LogP contribution is 2.15. The van der Waals surface area contributed by atoms with Crippen LogP contribution in [0.4, 0.5) is 5.69 Å². The number of aryl methyl sites for hydroxylation is 1. The van der Waals surface area contributed by atoms with Crippen molar-refractivity contribution in [2.75, 3.05) is 37.6 Å². The number of para-hydroxylation sites is 1. The summed E-state index contributed by atoms with van der Waals surface area (Å²) < 4.78 is 0. The maximum atomic E-state index is 12.4. The molecule has 1 aliphatic rings. The van der Waals surface area contributed by atoms with Gasteiger partial charge < -0.3 is 15.1 Å². The van der Waals surface area contributed by atoms with Crippen molar-refractivity contribution in [3.8, 4) is 0 Å². The van der Waals surface area contributed by atoms with Crippen LogP contribution in [0, 0.1) is 6.92 Å². The predicted molar refractivity (Wildman–Crippen MR) is 103 cm³/mol. The molecule has 0 aliphatic carbocycles. The molecule has 1 saturated heterocycles. The lowest BCUT2D eigenvalue weighted by molar-refractivity contribution is -0.133. The molecule has 0 aromatic heterocycles. The molecule has 2 aromatic carbocycles. The van der Waals surface area contributed by atoms with Gasteiger partial charge in [0, 0.05) is 31.9 Å². The summed E-state index contributed by atoms with van der Waals surface area (Å²) in [6.45, 7) is 5.04. The molecule has 0 unspecified atom stereocenters. The van der Waals surface area contributed by atoms with E-state index in [1.807, 2.05) is 54.3 Å². The topological polar surface area (TPSA) is 52.7 Å². The Bertz CT molecular complexity index is 753. The van der Waals surface area contributed by atoms with E-state index in [1.54, 1.807) is 0 Å². The first-order valence-electron chi connectivity index (χ1n) is 9.02. The predicted octanol–water partition coefficient (Wildman–Crippen LogP) is 2.00. The van der Waals surface area contributed by atoms with Crippen LogP contribution in [-0.2, 0) is 16.0 Å². The fraction of sp³-hybridized carbons (Fsp3) is 0.333. The lowest BCUT2D eigenvalue weighted by Crippen LogP contribution is -2.51. The van der Waals surface area contributed by atoms with Gasteiger partial charge in [0.2, 0.25) is 11.8 Å². The van der Waals surface area contributed by atoms with Crippen LogP contribution in [0.1, 0.15) is 11.1 Å². The third-order valence-corrected chi connectivity index (χ3v) is 4.80. The van der Waals surface area contributed by atoms with Gasteiger partial charge in [0.25, 0.3) is 0 Å². The number of carbonyl (C=O) groups is 2. The minimum Gasteiger partial charge on any atom is -0.368 e. The molecule has 1 N–H and O–H groups in total. The summed E-state index contributed by atoms with van der Waals surface area (Å²) in [7, 11) is 0. The second-order valence-corrected chi connectivity index (χ2v) is 6.58. The molecule has 1 fully saturated rings. The minimum atomic E-state index is -0.115. The number of carbonyl (C=O) groups excluding carboxylic acids is 2. The average molecular weight is 351 g/mol. The Morgan fingerprint density at radius 3 is 2.27 bits per heavy atom. The molecule has 0 bridgehead atoms. The smallest absolute Gasteiger partial charge is 0.242 e. The van der Waals surface area contributed by atoms with Gasteiger partial charge in [-0.2, -0.15) is 0 Å². The van der Waals surface area contributed by atoms with Gasteiger partial charge in [-0.1, -0.05) is 42.5 Å². The molecule has 0 atom stereocenters. The molecule has 1 heterocycles. The molecule has 136 valence electrons. The first-order chi connectivity index (χ1) is 12.6. The maximum absolute atomic E-state index is 12.4. The quantitative estimate of drug-likeness (QED) is 0.896. The molecule has 0 saturated carbocycles. The van der Waals surface area contributed by atoms with Crippen molar-refractivity contribution in [2.45, 2.75) is 13.3 Å². The number of nitrogens with zero attached hydrogens (tertiary/aromatic N) is 2. The van der Waals surface area contributed by atoms with Gasteiger partial charge in [0.15, 0.2) is 0 Å². The van der Waals surface area contributed by atoms with Crippen LogP contribution in [0.3, 0.4) is 0 Å². The SMILES string of the molecule is Cc1ccccc1CC(=O)NCC(=O)N1CCN(c2ccccc2)CC1. The Labute approximate surface area is 154 Å². The monoisotopic (exact) mass is 351 g/mol. The van der Waals surface area contributed by atoms with Crippen molar-refractivity contribution in [1.82, 2.24) is 10.2 Å². The van der Waals surface area contributed by atoms with Gasteiger partial charge in [-0.15, -0.1) is 0 Å². The Morgan fingerprint density at radius 2 is 1.58 bits per heavy atom. The number of nitrogens with one attached hydrogen (secondary N) is 1. The minimum absolute atomic E-state index is 0.0177. The van der Waals surface area contributed by atoms with Crippen LogP contribution >= 0.6 is 0 Å². The van der Waals surface area contributed by atoms with Crippen molar-refractivity contribution in [2.24, 2.45) is 0 Å². The lowest BCUT2D eigenvalue weighted by Gasteiger charge is -2.36. The van der Waals surface area contributed by atoms with Crippen LogP contribution in [0.25, 0.3) is 0 Å². The molecule has 3 rings (SSSR count). The van der Waals surface area contributed by atoms with Gasteiger partial charge in [0.05, 0.1) is 13.0 Å². The summed E-state index contributed by atoms with van der Waals surface area (Å²) in [5, 5.41) is 2.75. The Hall–Kier alpha value is -2.82. The maximum Gasteiger partial charge on any atom is 0.242 e. The van der Waals surface area contributed by atoms with E-state index in [0.717, 1.165) is 24.2 Å². The van der Waals surface area contributed by atoms with E-state index < -0.39 is 0 Å². The second kappa shape index (κ2) is 8.52.